The molecular formula is C12H24N2. The van der Waals surface area contributed by atoms with Crippen molar-refractivity contribution in [1.29, 1.82) is 0 Å². The van der Waals surface area contributed by atoms with Crippen LogP contribution >= 0.6 is 0 Å². The van der Waals surface area contributed by atoms with Crippen LogP contribution in [0.2, 0.25) is 0 Å². The summed E-state index contributed by atoms with van der Waals surface area (Å²) in [7, 11) is 0. The number of hydrogen-bond donors (Lipinski definition) is 2. The Morgan fingerprint density at radius 3 is 1.86 bits per heavy atom. The van der Waals surface area contributed by atoms with Gasteiger partial charge in [0.1, 0.15) is 0 Å². The Labute approximate surface area is 87.9 Å². The molecule has 1 rings (SSSR count). The zero-order valence-corrected chi connectivity index (χ0v) is 10.3. The van der Waals surface area contributed by atoms with Gasteiger partial charge in [-0.15, -0.1) is 0 Å². The Hall–Kier alpha value is -0.340. The fraction of sp³-hybridized carbons (Fsp3) is 0.833. The Balaban J connectivity index is 2.81. The second-order valence-electron chi connectivity index (χ2n) is 5.86. The van der Waals surface area contributed by atoms with Crippen LogP contribution in [-0.4, -0.2) is 6.04 Å². The van der Waals surface area contributed by atoms with Crippen LogP contribution in [0.15, 0.2) is 11.6 Å². The Kier molecular flexibility index (Phi) is 2.81. The number of allylic oxidation sites excluding steroid dienone is 1. The largest absolute Gasteiger partial charge is 0.271 e. The average Bonchev–Trinajstić information content (AvgIpc) is 2.39. The van der Waals surface area contributed by atoms with E-state index in [0.29, 0.717) is 22.8 Å². The molecule has 1 aliphatic carbocycles. The van der Waals surface area contributed by atoms with Crippen LogP contribution in [0.3, 0.4) is 0 Å². The van der Waals surface area contributed by atoms with Gasteiger partial charge in [-0.1, -0.05) is 39.3 Å². The minimum absolute atomic E-state index is 0.310. The third kappa shape index (κ3) is 1.61. The summed E-state index contributed by atoms with van der Waals surface area (Å²) in [6.07, 6.45) is 2.24. The van der Waals surface area contributed by atoms with Crippen molar-refractivity contribution < 1.29 is 0 Å². The topological polar surface area (TPSA) is 38.0 Å². The standard InChI is InChI=1S/C12H24N2/c1-8(2)7-9(14-13)10-11(3,4)12(10,5)6/h7,9-10,14H,13H2,1-6H3. The minimum Gasteiger partial charge on any atom is -0.271 e. The Morgan fingerprint density at radius 2 is 1.64 bits per heavy atom. The average molecular weight is 196 g/mol. The van der Waals surface area contributed by atoms with Gasteiger partial charge >= 0.3 is 0 Å². The molecule has 3 N–H and O–H groups in total. The summed E-state index contributed by atoms with van der Waals surface area (Å²) in [6.45, 7) is 13.5. The summed E-state index contributed by atoms with van der Waals surface area (Å²) in [6, 6.07) is 0.310. The highest BCUT2D eigenvalue weighted by Gasteiger charge is 2.66. The number of nitrogens with two attached hydrogens (primary N) is 1. The summed E-state index contributed by atoms with van der Waals surface area (Å²) in [5.41, 5.74) is 5.03. The molecule has 2 heteroatoms. The smallest absolute Gasteiger partial charge is 0.0431 e. The lowest BCUT2D eigenvalue weighted by atomic mass is 10.0. The quantitative estimate of drug-likeness (QED) is 0.413. The molecule has 0 aromatic rings. The summed E-state index contributed by atoms with van der Waals surface area (Å²) in [4.78, 5) is 0. The maximum absolute atomic E-state index is 5.61. The van der Waals surface area contributed by atoms with E-state index in [1.54, 1.807) is 0 Å². The van der Waals surface area contributed by atoms with Gasteiger partial charge in [-0.05, 0) is 30.6 Å². The van der Waals surface area contributed by atoms with Gasteiger partial charge in [0.05, 0.1) is 0 Å². The van der Waals surface area contributed by atoms with Gasteiger partial charge in [0.25, 0.3) is 0 Å². The molecule has 82 valence electrons. The third-order valence-electron chi connectivity index (χ3n) is 4.20. The molecule has 1 aliphatic rings. The molecule has 2 nitrogen and oxygen atoms in total. The van der Waals surface area contributed by atoms with E-state index in [2.05, 4.69) is 53.0 Å². The monoisotopic (exact) mass is 196 g/mol. The summed E-state index contributed by atoms with van der Waals surface area (Å²) in [5.74, 6) is 6.24. The molecule has 0 heterocycles. The van der Waals surface area contributed by atoms with Gasteiger partial charge in [0, 0.05) is 6.04 Å². The first-order chi connectivity index (χ1) is 6.25. The van der Waals surface area contributed by atoms with Crippen molar-refractivity contribution in [3.63, 3.8) is 0 Å². The third-order valence-corrected chi connectivity index (χ3v) is 4.20. The van der Waals surface area contributed by atoms with E-state index in [-0.39, 0.29) is 0 Å². The van der Waals surface area contributed by atoms with Crippen LogP contribution < -0.4 is 11.3 Å². The van der Waals surface area contributed by atoms with Crippen molar-refractivity contribution in [2.45, 2.75) is 47.6 Å². The molecule has 1 fully saturated rings. The molecule has 1 saturated carbocycles. The lowest BCUT2D eigenvalue weighted by molar-refractivity contribution is 0.457. The van der Waals surface area contributed by atoms with Crippen molar-refractivity contribution in [1.82, 2.24) is 5.43 Å². The van der Waals surface area contributed by atoms with Gasteiger partial charge in [-0.2, -0.15) is 0 Å². The highest BCUT2D eigenvalue weighted by molar-refractivity contribution is 5.21. The van der Waals surface area contributed by atoms with Crippen molar-refractivity contribution in [3.8, 4) is 0 Å². The zero-order valence-electron chi connectivity index (χ0n) is 10.3. The molecule has 1 unspecified atom stereocenters. The minimum atomic E-state index is 0.310. The summed E-state index contributed by atoms with van der Waals surface area (Å²) in [5, 5.41) is 0. The zero-order chi connectivity index (χ0) is 11.1. The van der Waals surface area contributed by atoms with E-state index in [9.17, 15) is 0 Å². The lowest BCUT2D eigenvalue weighted by Gasteiger charge is -2.14. The van der Waals surface area contributed by atoms with Crippen LogP contribution in [0.25, 0.3) is 0 Å². The van der Waals surface area contributed by atoms with E-state index >= 15 is 0 Å². The Bertz CT molecular complexity index is 233. The molecule has 0 aromatic heterocycles. The van der Waals surface area contributed by atoms with Crippen LogP contribution in [-0.2, 0) is 0 Å². The second-order valence-corrected chi connectivity index (χ2v) is 5.86. The molecule has 0 aromatic carbocycles. The van der Waals surface area contributed by atoms with Crippen molar-refractivity contribution in [2.24, 2.45) is 22.6 Å². The SMILES string of the molecule is CC(C)=CC(NN)C1C(C)(C)C1(C)C. The first kappa shape index (κ1) is 11.7. The molecule has 0 amide bonds. The molecule has 1 atom stereocenters. The molecule has 14 heavy (non-hydrogen) atoms. The van der Waals surface area contributed by atoms with Crippen LogP contribution in [0.5, 0.6) is 0 Å². The van der Waals surface area contributed by atoms with Crippen LogP contribution in [0, 0.1) is 16.7 Å². The summed E-state index contributed by atoms with van der Waals surface area (Å²) < 4.78 is 0. The molecule has 0 radical (unpaired) electrons. The first-order valence-corrected chi connectivity index (χ1v) is 5.36. The normalized spacial score (nSPS) is 25.6. The molecule has 0 saturated heterocycles. The fourth-order valence-corrected chi connectivity index (χ4v) is 2.74. The van der Waals surface area contributed by atoms with E-state index in [4.69, 9.17) is 5.84 Å². The number of rotatable bonds is 3. The van der Waals surface area contributed by atoms with Gasteiger partial charge in [-0.3, -0.25) is 11.3 Å². The summed E-state index contributed by atoms with van der Waals surface area (Å²) >= 11 is 0. The van der Waals surface area contributed by atoms with E-state index in [0.717, 1.165) is 0 Å². The highest BCUT2D eigenvalue weighted by Crippen LogP contribution is 2.69. The Morgan fingerprint density at radius 1 is 1.21 bits per heavy atom. The highest BCUT2D eigenvalue weighted by atomic mass is 15.2. The van der Waals surface area contributed by atoms with E-state index in [1.807, 2.05) is 0 Å². The van der Waals surface area contributed by atoms with Gasteiger partial charge in [0.15, 0.2) is 0 Å². The van der Waals surface area contributed by atoms with Crippen molar-refractivity contribution in [2.75, 3.05) is 0 Å². The predicted octanol–water partition coefficient (Wildman–Crippen LogP) is 2.47. The predicted molar refractivity (Wildman–Crippen MR) is 61.6 cm³/mol. The molecule has 0 aliphatic heterocycles. The van der Waals surface area contributed by atoms with Crippen LogP contribution in [0.4, 0.5) is 0 Å². The van der Waals surface area contributed by atoms with E-state index < -0.39 is 0 Å². The molecular weight excluding hydrogens is 172 g/mol. The van der Waals surface area contributed by atoms with Crippen LogP contribution in [0.1, 0.15) is 41.5 Å². The first-order valence-electron chi connectivity index (χ1n) is 5.36. The molecule has 0 spiro atoms. The maximum atomic E-state index is 5.61. The van der Waals surface area contributed by atoms with Crippen molar-refractivity contribution >= 4 is 0 Å². The maximum Gasteiger partial charge on any atom is 0.0431 e. The van der Waals surface area contributed by atoms with Gasteiger partial charge in [0.2, 0.25) is 0 Å². The van der Waals surface area contributed by atoms with E-state index in [1.165, 1.54) is 5.57 Å². The van der Waals surface area contributed by atoms with Crippen molar-refractivity contribution in [3.05, 3.63) is 11.6 Å². The molecule has 0 bridgehead atoms. The van der Waals surface area contributed by atoms with Gasteiger partial charge in [-0.25, -0.2) is 0 Å². The van der Waals surface area contributed by atoms with Gasteiger partial charge < -0.3 is 0 Å². The number of hydrazine groups is 1. The fourth-order valence-electron chi connectivity index (χ4n) is 2.74. The lowest BCUT2D eigenvalue weighted by Crippen LogP contribution is -2.37. The second kappa shape index (κ2) is 3.35. The number of hydrogen-bond acceptors (Lipinski definition) is 2. The number of nitrogens with one attached hydrogen (secondary N) is 1.